The number of hydrogen-bond acceptors (Lipinski definition) is 4. The lowest BCUT2D eigenvalue weighted by Gasteiger charge is -2.25. The van der Waals surface area contributed by atoms with E-state index in [2.05, 4.69) is 0 Å². The molecule has 2 unspecified atom stereocenters. The third-order valence-corrected chi connectivity index (χ3v) is 4.13. The highest BCUT2D eigenvalue weighted by atomic mass is 16.6. The number of benzene rings is 1. The molecule has 0 saturated carbocycles. The number of nitrogens with two attached hydrogens (primary N) is 1. The third kappa shape index (κ3) is 4.86. The van der Waals surface area contributed by atoms with Crippen molar-refractivity contribution < 1.29 is 14.3 Å². The van der Waals surface area contributed by atoms with Crippen LogP contribution in [0, 0.1) is 5.92 Å². The summed E-state index contributed by atoms with van der Waals surface area (Å²) in [5.41, 5.74) is 7.04. The number of amides is 1. The van der Waals surface area contributed by atoms with Gasteiger partial charge in [-0.1, -0.05) is 18.2 Å². The van der Waals surface area contributed by atoms with Gasteiger partial charge < -0.3 is 20.1 Å². The molecule has 1 heterocycles. The van der Waals surface area contributed by atoms with Crippen LogP contribution in [0.5, 0.6) is 5.75 Å². The SMILES string of the molecule is COc1ccccc1CC(N)C1CCN(C(=O)OC(C)(C)C)C1. The van der Waals surface area contributed by atoms with Crippen LogP contribution in [0.4, 0.5) is 4.79 Å². The lowest BCUT2D eigenvalue weighted by Crippen LogP contribution is -2.38. The van der Waals surface area contributed by atoms with Gasteiger partial charge in [-0.3, -0.25) is 0 Å². The average Bonchev–Trinajstić information content (AvgIpc) is 2.96. The van der Waals surface area contributed by atoms with Crippen molar-refractivity contribution in [3.05, 3.63) is 29.8 Å². The largest absolute Gasteiger partial charge is 0.496 e. The first kappa shape index (κ1) is 17.6. The summed E-state index contributed by atoms with van der Waals surface area (Å²) >= 11 is 0. The minimum Gasteiger partial charge on any atom is -0.496 e. The fourth-order valence-electron chi connectivity index (χ4n) is 2.92. The Morgan fingerprint density at radius 1 is 1.39 bits per heavy atom. The molecule has 1 aromatic carbocycles. The molecule has 2 rings (SSSR count). The Bertz CT molecular complexity index is 539. The van der Waals surface area contributed by atoms with Gasteiger partial charge in [-0.2, -0.15) is 0 Å². The molecule has 0 spiro atoms. The second-order valence-corrected chi connectivity index (χ2v) is 7.15. The molecule has 1 fully saturated rings. The van der Waals surface area contributed by atoms with Gasteiger partial charge in [0.2, 0.25) is 0 Å². The number of nitrogens with zero attached hydrogens (tertiary/aromatic N) is 1. The number of carbonyl (C=O) groups excluding carboxylic acids is 1. The van der Waals surface area contributed by atoms with Crippen LogP contribution in [-0.4, -0.2) is 42.8 Å². The minimum atomic E-state index is -0.464. The van der Waals surface area contributed by atoms with Crippen LogP contribution >= 0.6 is 0 Å². The van der Waals surface area contributed by atoms with Crippen molar-refractivity contribution in [2.24, 2.45) is 11.7 Å². The molecule has 2 atom stereocenters. The van der Waals surface area contributed by atoms with Crippen molar-refractivity contribution in [1.82, 2.24) is 4.90 Å². The Kier molecular flexibility index (Phi) is 5.52. The van der Waals surface area contributed by atoms with Crippen LogP contribution in [0.15, 0.2) is 24.3 Å². The van der Waals surface area contributed by atoms with Gasteiger partial charge in [-0.25, -0.2) is 4.79 Å². The summed E-state index contributed by atoms with van der Waals surface area (Å²) < 4.78 is 10.8. The first-order valence-electron chi connectivity index (χ1n) is 8.15. The number of hydrogen-bond donors (Lipinski definition) is 1. The number of ether oxygens (including phenoxy) is 2. The lowest BCUT2D eigenvalue weighted by molar-refractivity contribution is 0.0286. The topological polar surface area (TPSA) is 64.8 Å². The molecule has 1 aliphatic heterocycles. The molecule has 1 saturated heterocycles. The minimum absolute atomic E-state index is 0.00117. The molecule has 0 radical (unpaired) electrons. The monoisotopic (exact) mass is 320 g/mol. The molecule has 128 valence electrons. The molecule has 0 aliphatic carbocycles. The first-order chi connectivity index (χ1) is 10.8. The van der Waals surface area contributed by atoms with Crippen molar-refractivity contribution in [3.8, 4) is 5.75 Å². The Morgan fingerprint density at radius 3 is 2.74 bits per heavy atom. The number of carbonyl (C=O) groups is 1. The second kappa shape index (κ2) is 7.21. The van der Waals surface area contributed by atoms with Crippen molar-refractivity contribution in [2.75, 3.05) is 20.2 Å². The van der Waals surface area contributed by atoms with E-state index in [0.29, 0.717) is 13.1 Å². The fourth-order valence-corrected chi connectivity index (χ4v) is 2.92. The Hall–Kier alpha value is -1.75. The summed E-state index contributed by atoms with van der Waals surface area (Å²) in [5, 5.41) is 0. The number of para-hydroxylation sites is 1. The van der Waals surface area contributed by atoms with Crippen LogP contribution in [0.25, 0.3) is 0 Å². The molecule has 23 heavy (non-hydrogen) atoms. The van der Waals surface area contributed by atoms with E-state index in [1.54, 1.807) is 12.0 Å². The lowest BCUT2D eigenvalue weighted by atomic mass is 9.93. The Labute approximate surface area is 138 Å². The molecule has 0 aromatic heterocycles. The van der Waals surface area contributed by atoms with Crippen molar-refractivity contribution in [2.45, 2.75) is 45.3 Å². The van der Waals surface area contributed by atoms with Crippen LogP contribution in [0.1, 0.15) is 32.8 Å². The third-order valence-electron chi connectivity index (χ3n) is 4.13. The summed E-state index contributed by atoms with van der Waals surface area (Å²) in [6.45, 7) is 7.01. The van der Waals surface area contributed by atoms with Gasteiger partial charge in [-0.15, -0.1) is 0 Å². The van der Waals surface area contributed by atoms with Gasteiger partial charge in [0.15, 0.2) is 0 Å². The summed E-state index contributed by atoms with van der Waals surface area (Å²) in [7, 11) is 1.67. The van der Waals surface area contributed by atoms with Gasteiger partial charge in [0.05, 0.1) is 7.11 Å². The van der Waals surface area contributed by atoms with Gasteiger partial charge in [0.25, 0.3) is 0 Å². The Morgan fingerprint density at radius 2 is 2.09 bits per heavy atom. The van der Waals surface area contributed by atoms with E-state index in [9.17, 15) is 4.79 Å². The molecule has 5 heteroatoms. The zero-order valence-electron chi connectivity index (χ0n) is 14.5. The van der Waals surface area contributed by atoms with Crippen molar-refractivity contribution in [3.63, 3.8) is 0 Å². The molecule has 1 amide bonds. The van der Waals surface area contributed by atoms with Gasteiger partial charge >= 0.3 is 6.09 Å². The summed E-state index contributed by atoms with van der Waals surface area (Å²) in [6.07, 6.45) is 1.41. The molecule has 2 N–H and O–H groups in total. The van der Waals surface area contributed by atoms with E-state index in [1.165, 1.54) is 0 Å². The Balaban J connectivity index is 1.92. The summed E-state index contributed by atoms with van der Waals surface area (Å²) in [5.74, 6) is 1.15. The van der Waals surface area contributed by atoms with Gasteiger partial charge in [-0.05, 0) is 51.2 Å². The highest BCUT2D eigenvalue weighted by Gasteiger charge is 2.32. The number of rotatable bonds is 4. The smallest absolute Gasteiger partial charge is 0.410 e. The highest BCUT2D eigenvalue weighted by Crippen LogP contribution is 2.25. The zero-order chi connectivity index (χ0) is 17.0. The average molecular weight is 320 g/mol. The van der Waals surface area contributed by atoms with Crippen LogP contribution < -0.4 is 10.5 Å². The normalized spacial score (nSPS) is 19.5. The van der Waals surface area contributed by atoms with Gasteiger partial charge in [0.1, 0.15) is 11.4 Å². The van der Waals surface area contributed by atoms with Crippen LogP contribution in [0.3, 0.4) is 0 Å². The van der Waals surface area contributed by atoms with Crippen LogP contribution in [0.2, 0.25) is 0 Å². The molecular weight excluding hydrogens is 292 g/mol. The molecule has 0 bridgehead atoms. The van der Waals surface area contributed by atoms with E-state index in [1.807, 2.05) is 45.0 Å². The van der Waals surface area contributed by atoms with E-state index in [0.717, 1.165) is 24.2 Å². The quantitative estimate of drug-likeness (QED) is 0.926. The second-order valence-electron chi connectivity index (χ2n) is 7.15. The number of likely N-dealkylation sites (tertiary alicyclic amines) is 1. The maximum atomic E-state index is 12.1. The van der Waals surface area contributed by atoms with E-state index in [-0.39, 0.29) is 18.1 Å². The van der Waals surface area contributed by atoms with Gasteiger partial charge in [0, 0.05) is 19.1 Å². The first-order valence-corrected chi connectivity index (χ1v) is 8.15. The predicted molar refractivity (Wildman–Crippen MR) is 90.6 cm³/mol. The van der Waals surface area contributed by atoms with Crippen LogP contribution in [-0.2, 0) is 11.2 Å². The van der Waals surface area contributed by atoms with Crippen molar-refractivity contribution >= 4 is 6.09 Å². The maximum Gasteiger partial charge on any atom is 0.410 e. The predicted octanol–water partition coefficient (Wildman–Crippen LogP) is 2.82. The number of methoxy groups -OCH3 is 1. The van der Waals surface area contributed by atoms with E-state index >= 15 is 0 Å². The molecule has 5 nitrogen and oxygen atoms in total. The molecular formula is C18H28N2O3. The fraction of sp³-hybridized carbons (Fsp3) is 0.611. The van der Waals surface area contributed by atoms with E-state index in [4.69, 9.17) is 15.2 Å². The van der Waals surface area contributed by atoms with Crippen molar-refractivity contribution in [1.29, 1.82) is 0 Å². The molecule has 1 aromatic rings. The maximum absolute atomic E-state index is 12.1. The zero-order valence-corrected chi connectivity index (χ0v) is 14.5. The standard InChI is InChI=1S/C18H28N2O3/c1-18(2,3)23-17(21)20-10-9-14(12-20)15(19)11-13-7-5-6-8-16(13)22-4/h5-8,14-15H,9-12,19H2,1-4H3. The summed E-state index contributed by atoms with van der Waals surface area (Å²) in [6, 6.07) is 7.93. The van der Waals surface area contributed by atoms with E-state index < -0.39 is 5.60 Å². The highest BCUT2D eigenvalue weighted by molar-refractivity contribution is 5.68. The summed E-state index contributed by atoms with van der Waals surface area (Å²) in [4.78, 5) is 13.9. The molecule has 1 aliphatic rings.